The molecule has 30 heavy (non-hydrogen) atoms. The van der Waals surface area contributed by atoms with Crippen LogP contribution in [0.2, 0.25) is 0 Å². The fraction of sp³-hybridized carbons (Fsp3) is 0.200. The summed E-state index contributed by atoms with van der Waals surface area (Å²) >= 11 is 0. The molecule has 150 valence electrons. The molecule has 1 heterocycles. The van der Waals surface area contributed by atoms with Crippen molar-refractivity contribution in [3.05, 3.63) is 95.6 Å². The molecular formula is C25H23N3O2. The predicted octanol–water partition coefficient (Wildman–Crippen LogP) is 4.31. The summed E-state index contributed by atoms with van der Waals surface area (Å²) in [7, 11) is 0. The Morgan fingerprint density at radius 3 is 2.10 bits per heavy atom. The highest BCUT2D eigenvalue weighted by Crippen LogP contribution is 2.22. The Hall–Kier alpha value is -3.62. The van der Waals surface area contributed by atoms with Gasteiger partial charge in [-0.1, -0.05) is 30.3 Å². The van der Waals surface area contributed by atoms with E-state index < -0.39 is 0 Å². The molecular weight excluding hydrogens is 374 g/mol. The lowest BCUT2D eigenvalue weighted by molar-refractivity contribution is 0.0628. The summed E-state index contributed by atoms with van der Waals surface area (Å²) in [5.74, 6) is 1.54. The van der Waals surface area contributed by atoms with E-state index in [0.717, 1.165) is 25.4 Å². The number of benzene rings is 3. The Morgan fingerprint density at radius 1 is 0.833 bits per heavy atom. The molecule has 0 aliphatic carbocycles. The van der Waals surface area contributed by atoms with Crippen LogP contribution in [0.25, 0.3) is 0 Å². The molecule has 0 unspecified atom stereocenters. The van der Waals surface area contributed by atoms with Crippen molar-refractivity contribution in [2.45, 2.75) is 6.54 Å². The van der Waals surface area contributed by atoms with Crippen molar-refractivity contribution in [2.24, 2.45) is 0 Å². The van der Waals surface area contributed by atoms with Gasteiger partial charge < -0.3 is 9.64 Å². The Kier molecular flexibility index (Phi) is 6.07. The third-order valence-corrected chi connectivity index (χ3v) is 5.23. The molecule has 0 aromatic heterocycles. The van der Waals surface area contributed by atoms with Crippen molar-refractivity contribution in [1.29, 1.82) is 5.26 Å². The summed E-state index contributed by atoms with van der Waals surface area (Å²) in [5.41, 5.74) is 2.54. The zero-order valence-electron chi connectivity index (χ0n) is 16.7. The molecule has 3 aromatic carbocycles. The highest BCUT2D eigenvalue weighted by molar-refractivity contribution is 5.94. The van der Waals surface area contributed by atoms with Crippen LogP contribution in [-0.2, 0) is 6.54 Å². The topological polar surface area (TPSA) is 56.6 Å². The first-order valence-electron chi connectivity index (χ1n) is 10.0. The molecule has 4 rings (SSSR count). The van der Waals surface area contributed by atoms with Crippen LogP contribution in [0.4, 0.5) is 0 Å². The third-order valence-electron chi connectivity index (χ3n) is 5.23. The Labute approximate surface area is 176 Å². The fourth-order valence-corrected chi connectivity index (χ4v) is 3.52. The van der Waals surface area contributed by atoms with E-state index in [4.69, 9.17) is 10.00 Å². The van der Waals surface area contributed by atoms with Crippen LogP contribution in [0, 0.1) is 11.3 Å². The first-order chi connectivity index (χ1) is 14.7. The van der Waals surface area contributed by atoms with Crippen molar-refractivity contribution in [3.63, 3.8) is 0 Å². The van der Waals surface area contributed by atoms with E-state index in [1.807, 2.05) is 83.8 Å². The molecule has 3 aromatic rings. The highest BCUT2D eigenvalue weighted by atomic mass is 16.5. The minimum atomic E-state index is 0.0549. The number of carbonyl (C=O) groups excluding carboxylic acids is 1. The van der Waals surface area contributed by atoms with Crippen LogP contribution in [-0.4, -0.2) is 41.9 Å². The van der Waals surface area contributed by atoms with Gasteiger partial charge in [0, 0.05) is 38.3 Å². The summed E-state index contributed by atoms with van der Waals surface area (Å²) in [6.45, 7) is 3.91. The Balaban J connectivity index is 1.30. The van der Waals surface area contributed by atoms with Crippen molar-refractivity contribution in [2.75, 3.05) is 26.2 Å². The van der Waals surface area contributed by atoms with Gasteiger partial charge in [0.05, 0.1) is 11.6 Å². The average molecular weight is 397 g/mol. The van der Waals surface area contributed by atoms with Gasteiger partial charge in [-0.2, -0.15) is 5.26 Å². The van der Waals surface area contributed by atoms with Gasteiger partial charge in [-0.15, -0.1) is 0 Å². The number of para-hydroxylation sites is 1. The van der Waals surface area contributed by atoms with Crippen LogP contribution < -0.4 is 4.74 Å². The van der Waals surface area contributed by atoms with Gasteiger partial charge in [-0.05, 0) is 54.1 Å². The van der Waals surface area contributed by atoms with Gasteiger partial charge in [0.2, 0.25) is 0 Å². The van der Waals surface area contributed by atoms with Gasteiger partial charge in [-0.3, -0.25) is 9.69 Å². The minimum Gasteiger partial charge on any atom is -0.457 e. The second-order valence-corrected chi connectivity index (χ2v) is 7.32. The number of hydrogen-bond acceptors (Lipinski definition) is 4. The van der Waals surface area contributed by atoms with E-state index in [1.165, 1.54) is 5.56 Å². The lowest BCUT2D eigenvalue weighted by atomic mass is 10.1. The molecule has 0 radical (unpaired) electrons. The molecule has 1 amide bonds. The number of rotatable bonds is 5. The maximum atomic E-state index is 12.8. The maximum absolute atomic E-state index is 12.8. The number of ether oxygens (including phenoxy) is 1. The van der Waals surface area contributed by atoms with Crippen LogP contribution in [0.5, 0.6) is 11.5 Å². The summed E-state index contributed by atoms with van der Waals surface area (Å²) in [4.78, 5) is 17.1. The number of nitriles is 1. The normalized spacial score (nSPS) is 14.2. The van der Waals surface area contributed by atoms with E-state index >= 15 is 0 Å². The van der Waals surface area contributed by atoms with Crippen molar-refractivity contribution in [1.82, 2.24) is 9.80 Å². The molecule has 5 nitrogen and oxygen atoms in total. The van der Waals surface area contributed by atoms with Gasteiger partial charge in [0.25, 0.3) is 5.91 Å². The molecule has 5 heteroatoms. The van der Waals surface area contributed by atoms with Gasteiger partial charge in [0.1, 0.15) is 11.5 Å². The average Bonchev–Trinajstić information content (AvgIpc) is 2.81. The second kappa shape index (κ2) is 9.25. The van der Waals surface area contributed by atoms with Crippen LogP contribution in [0.15, 0.2) is 78.9 Å². The summed E-state index contributed by atoms with van der Waals surface area (Å²) in [5, 5.41) is 8.90. The lowest BCUT2D eigenvalue weighted by Crippen LogP contribution is -2.48. The molecule has 1 fully saturated rings. The molecule has 0 N–H and O–H groups in total. The van der Waals surface area contributed by atoms with E-state index in [1.54, 1.807) is 0 Å². The summed E-state index contributed by atoms with van der Waals surface area (Å²) in [6, 6.07) is 26.7. The Morgan fingerprint density at radius 2 is 1.47 bits per heavy atom. The molecule has 0 atom stereocenters. The standard InChI is InChI=1S/C25H23N3O2/c26-18-20-6-8-21(9-7-20)19-27-14-16-28(17-15-27)25(29)22-10-12-24(13-11-22)30-23-4-2-1-3-5-23/h1-13H,14-17,19H2. The zero-order valence-corrected chi connectivity index (χ0v) is 16.7. The van der Waals surface area contributed by atoms with Crippen LogP contribution in [0.1, 0.15) is 21.5 Å². The minimum absolute atomic E-state index is 0.0549. The largest absolute Gasteiger partial charge is 0.457 e. The predicted molar refractivity (Wildman–Crippen MR) is 115 cm³/mol. The molecule has 1 saturated heterocycles. The number of amides is 1. The van der Waals surface area contributed by atoms with Crippen LogP contribution in [0.3, 0.4) is 0 Å². The van der Waals surface area contributed by atoms with E-state index in [2.05, 4.69) is 11.0 Å². The summed E-state index contributed by atoms with van der Waals surface area (Å²) in [6.07, 6.45) is 0. The molecule has 1 aliphatic rings. The lowest BCUT2D eigenvalue weighted by Gasteiger charge is -2.34. The van der Waals surface area contributed by atoms with Crippen molar-refractivity contribution >= 4 is 5.91 Å². The molecule has 1 aliphatic heterocycles. The molecule has 0 saturated carbocycles. The second-order valence-electron chi connectivity index (χ2n) is 7.32. The smallest absolute Gasteiger partial charge is 0.253 e. The van der Waals surface area contributed by atoms with Gasteiger partial charge in [0.15, 0.2) is 0 Å². The SMILES string of the molecule is N#Cc1ccc(CN2CCN(C(=O)c3ccc(Oc4ccccc4)cc3)CC2)cc1. The van der Waals surface area contributed by atoms with Gasteiger partial charge in [-0.25, -0.2) is 0 Å². The van der Waals surface area contributed by atoms with Gasteiger partial charge >= 0.3 is 0 Å². The summed E-state index contributed by atoms with van der Waals surface area (Å²) < 4.78 is 5.79. The maximum Gasteiger partial charge on any atom is 0.253 e. The molecule has 0 bridgehead atoms. The first-order valence-corrected chi connectivity index (χ1v) is 10.0. The third kappa shape index (κ3) is 4.86. The monoisotopic (exact) mass is 397 g/mol. The van der Waals surface area contributed by atoms with E-state index in [0.29, 0.717) is 30.0 Å². The Bertz CT molecular complexity index is 1020. The number of hydrogen-bond donors (Lipinski definition) is 0. The molecule has 0 spiro atoms. The number of carbonyl (C=O) groups is 1. The van der Waals surface area contributed by atoms with E-state index in [-0.39, 0.29) is 5.91 Å². The number of nitrogens with zero attached hydrogens (tertiary/aromatic N) is 3. The fourth-order valence-electron chi connectivity index (χ4n) is 3.52. The zero-order chi connectivity index (χ0) is 20.8. The quantitative estimate of drug-likeness (QED) is 0.644. The van der Waals surface area contributed by atoms with Crippen molar-refractivity contribution < 1.29 is 9.53 Å². The van der Waals surface area contributed by atoms with Crippen LogP contribution >= 0.6 is 0 Å². The van der Waals surface area contributed by atoms with E-state index in [9.17, 15) is 4.79 Å². The highest BCUT2D eigenvalue weighted by Gasteiger charge is 2.22. The first kappa shape index (κ1) is 19.7. The van der Waals surface area contributed by atoms with Crippen molar-refractivity contribution in [3.8, 4) is 17.6 Å². The number of piperazine rings is 1.